The normalized spacial score (nSPS) is 10.5. The topological polar surface area (TPSA) is 120 Å². The number of amides is 1. The van der Waals surface area contributed by atoms with Crippen molar-refractivity contribution in [2.45, 2.75) is 6.92 Å². The Morgan fingerprint density at radius 2 is 2.10 bits per heavy atom. The molecule has 4 N–H and O–H groups in total. The fourth-order valence-corrected chi connectivity index (χ4v) is 3.55. The summed E-state index contributed by atoms with van der Waals surface area (Å²) in [4.78, 5) is 14.6. The summed E-state index contributed by atoms with van der Waals surface area (Å²) in [5.41, 5.74) is 1.56. The van der Waals surface area contributed by atoms with Crippen LogP contribution in [0.2, 0.25) is 0 Å². The minimum atomic E-state index is -5.14. The molecule has 2 aromatic rings. The molecule has 7 nitrogen and oxygen atoms in total. The van der Waals surface area contributed by atoms with Crippen LogP contribution in [-0.2, 0) is 8.53 Å². The van der Waals surface area contributed by atoms with E-state index in [1.165, 1.54) is 25.1 Å². The number of rotatable bonds is 2. The van der Waals surface area contributed by atoms with Crippen molar-refractivity contribution in [1.82, 2.24) is 4.98 Å². The molecular formula is C11H12AsBrN2O5S. The fourth-order valence-electron chi connectivity index (χ4n) is 1.28. The van der Waals surface area contributed by atoms with E-state index in [0.717, 1.165) is 3.79 Å². The number of aromatic hydroxyl groups is 1. The summed E-state index contributed by atoms with van der Waals surface area (Å²) < 4.78 is 29.9. The molecule has 0 atom stereocenters. The van der Waals surface area contributed by atoms with Crippen LogP contribution in [0, 0.1) is 0 Å². The van der Waals surface area contributed by atoms with Gasteiger partial charge in [0.1, 0.15) is 0 Å². The van der Waals surface area contributed by atoms with E-state index in [1.54, 1.807) is 23.0 Å². The van der Waals surface area contributed by atoms with Gasteiger partial charge >= 0.3 is 88.1 Å². The van der Waals surface area contributed by atoms with Crippen LogP contribution in [0.15, 0.2) is 33.7 Å². The standard InChI is InChI=1S/C8H10AsNO5.C3H2BrNS/c1-5(11)10-8-6(9(13,14)15)3-2-4-7(8)12;4-3-1-5-2-6-3/h2-4,12H,1H3,(H,10,11)(H2,13,14,15);1-2H. The van der Waals surface area contributed by atoms with Crippen molar-refractivity contribution in [3.05, 3.63) is 33.7 Å². The molecule has 1 aromatic carbocycles. The van der Waals surface area contributed by atoms with Gasteiger partial charge in [-0.2, -0.15) is 0 Å². The Morgan fingerprint density at radius 3 is 2.48 bits per heavy atom. The van der Waals surface area contributed by atoms with Gasteiger partial charge < -0.3 is 0 Å². The van der Waals surface area contributed by atoms with Crippen molar-refractivity contribution >= 4 is 57.4 Å². The van der Waals surface area contributed by atoms with E-state index in [9.17, 15) is 13.6 Å². The van der Waals surface area contributed by atoms with Gasteiger partial charge in [0.15, 0.2) is 0 Å². The van der Waals surface area contributed by atoms with Gasteiger partial charge in [-0.15, -0.1) is 11.3 Å². The molecular weight excluding hydrogens is 427 g/mol. The Labute approximate surface area is 135 Å². The van der Waals surface area contributed by atoms with E-state index < -0.39 is 20.1 Å². The molecule has 0 aliphatic heterocycles. The second kappa shape index (κ2) is 7.76. The number of anilines is 1. The van der Waals surface area contributed by atoms with Crippen molar-refractivity contribution in [3.63, 3.8) is 0 Å². The van der Waals surface area contributed by atoms with Crippen LogP contribution >= 0.6 is 27.3 Å². The number of thiazole rings is 1. The van der Waals surface area contributed by atoms with Crippen LogP contribution < -0.4 is 9.67 Å². The first kappa shape index (κ1) is 17.9. The molecule has 0 saturated heterocycles. The number of phenols is 1. The molecule has 21 heavy (non-hydrogen) atoms. The van der Waals surface area contributed by atoms with Gasteiger partial charge in [0.05, 0.1) is 15.5 Å². The van der Waals surface area contributed by atoms with Gasteiger partial charge in [-0.05, 0) is 15.9 Å². The predicted octanol–water partition coefficient (Wildman–Crippen LogP) is 0.817. The molecule has 0 spiro atoms. The van der Waals surface area contributed by atoms with Crippen molar-refractivity contribution < 1.29 is 21.8 Å². The number of halogens is 1. The van der Waals surface area contributed by atoms with Gasteiger partial charge in [0.25, 0.3) is 0 Å². The Kier molecular flexibility index (Phi) is 6.63. The van der Waals surface area contributed by atoms with E-state index >= 15 is 0 Å². The van der Waals surface area contributed by atoms with Gasteiger partial charge in [0.2, 0.25) is 0 Å². The number of aromatic nitrogens is 1. The minimum absolute atomic E-state index is 0.225. The first-order valence-corrected chi connectivity index (χ1v) is 10.5. The van der Waals surface area contributed by atoms with Crippen LogP contribution in [0.1, 0.15) is 6.92 Å². The fraction of sp³-hybridized carbons (Fsp3) is 0.0909. The van der Waals surface area contributed by atoms with Crippen LogP contribution in [0.25, 0.3) is 0 Å². The monoisotopic (exact) mass is 438 g/mol. The van der Waals surface area contributed by atoms with E-state index in [1.807, 2.05) is 0 Å². The molecule has 0 saturated carbocycles. The third kappa shape index (κ3) is 6.02. The van der Waals surface area contributed by atoms with E-state index in [4.69, 9.17) is 8.19 Å². The summed E-state index contributed by atoms with van der Waals surface area (Å²) in [5.74, 6) is -0.880. The first-order valence-electron chi connectivity index (χ1n) is 5.41. The number of phenolic OH excluding ortho intramolecular Hbond substituents is 1. The maximum absolute atomic E-state index is 11.1. The number of hydrogen-bond donors (Lipinski definition) is 4. The molecule has 1 amide bonds. The second-order valence-electron chi connectivity index (χ2n) is 3.70. The maximum atomic E-state index is 11.1. The molecule has 0 unspecified atom stereocenters. The van der Waals surface area contributed by atoms with Crippen molar-refractivity contribution in [2.75, 3.05) is 5.32 Å². The number of carbonyl (C=O) groups is 1. The average molecular weight is 439 g/mol. The summed E-state index contributed by atoms with van der Waals surface area (Å²) in [6.07, 6.45) is 1.77. The van der Waals surface area contributed by atoms with Gasteiger partial charge in [0, 0.05) is 0 Å². The Hall–Kier alpha value is -1.12. The van der Waals surface area contributed by atoms with Crippen LogP contribution in [0.5, 0.6) is 5.75 Å². The number of nitrogens with zero attached hydrogens (tertiary/aromatic N) is 1. The summed E-state index contributed by atoms with van der Waals surface area (Å²) in [5, 5.41) is 11.5. The van der Waals surface area contributed by atoms with Crippen molar-refractivity contribution in [1.29, 1.82) is 0 Å². The quantitative estimate of drug-likeness (QED) is 0.407. The summed E-state index contributed by atoms with van der Waals surface area (Å²) in [6, 6.07) is 3.71. The zero-order valence-electron chi connectivity index (χ0n) is 10.7. The van der Waals surface area contributed by atoms with Gasteiger partial charge in [-0.25, -0.2) is 0 Å². The van der Waals surface area contributed by atoms with Gasteiger partial charge in [-0.3, -0.25) is 4.98 Å². The number of carbonyl (C=O) groups excluding carboxylic acids is 1. The van der Waals surface area contributed by atoms with Crippen LogP contribution in [-0.4, -0.2) is 38.4 Å². The molecule has 1 aromatic heterocycles. The zero-order chi connectivity index (χ0) is 16.0. The Morgan fingerprint density at radius 1 is 1.43 bits per heavy atom. The molecule has 0 bridgehead atoms. The average Bonchev–Trinajstić information content (AvgIpc) is 2.82. The second-order valence-corrected chi connectivity index (χ2v) is 9.26. The molecule has 0 aliphatic carbocycles. The van der Waals surface area contributed by atoms with E-state index in [-0.39, 0.29) is 15.8 Å². The molecule has 0 fully saturated rings. The summed E-state index contributed by atoms with van der Waals surface area (Å²) in [7, 11) is 0. The zero-order valence-corrected chi connectivity index (χ0v) is 15.0. The van der Waals surface area contributed by atoms with E-state index in [2.05, 4.69) is 26.2 Å². The molecule has 0 radical (unpaired) electrons. The molecule has 114 valence electrons. The summed E-state index contributed by atoms with van der Waals surface area (Å²) >= 11 is -0.321. The third-order valence-corrected chi connectivity index (χ3v) is 5.46. The Balaban J connectivity index is 0.000000304. The molecule has 2 rings (SSSR count). The van der Waals surface area contributed by atoms with Crippen molar-refractivity contribution in [2.24, 2.45) is 0 Å². The van der Waals surface area contributed by atoms with Gasteiger partial charge in [-0.1, -0.05) is 0 Å². The number of para-hydroxylation sites is 1. The van der Waals surface area contributed by atoms with E-state index in [0.29, 0.717) is 0 Å². The first-order chi connectivity index (χ1) is 9.71. The van der Waals surface area contributed by atoms with Crippen LogP contribution in [0.4, 0.5) is 5.69 Å². The molecule has 10 heteroatoms. The van der Waals surface area contributed by atoms with Crippen LogP contribution in [0.3, 0.4) is 0 Å². The molecule has 0 aliphatic rings. The van der Waals surface area contributed by atoms with Crippen molar-refractivity contribution in [3.8, 4) is 5.75 Å². The number of nitrogens with one attached hydrogen (secondary N) is 1. The molecule has 1 heterocycles. The predicted molar refractivity (Wildman–Crippen MR) is 82.7 cm³/mol. The number of benzene rings is 1. The third-order valence-electron chi connectivity index (χ3n) is 2.04. The Bertz CT molecular complexity index is 659. The SMILES string of the molecule is Brc1cncs1.CC(=O)Nc1c(O)cccc1[As](=O)(O)O. The summed E-state index contributed by atoms with van der Waals surface area (Å²) in [6.45, 7) is 1.18. The number of hydrogen-bond acceptors (Lipinski definition) is 5.